The van der Waals surface area contributed by atoms with Crippen LogP contribution in [0.3, 0.4) is 0 Å². The number of fused-ring (bicyclic) bond motifs is 2. The van der Waals surface area contributed by atoms with Crippen LogP contribution in [-0.2, 0) is 29.8 Å². The topological polar surface area (TPSA) is 48.8 Å². The normalized spacial score (nSPS) is 19.1. The van der Waals surface area contributed by atoms with Crippen molar-refractivity contribution in [1.82, 2.24) is 14.5 Å². The molecular weight excluding hydrogens is 342 g/mol. The van der Waals surface area contributed by atoms with Crippen LogP contribution in [0.5, 0.6) is 11.5 Å². The molecule has 0 amide bonds. The summed E-state index contributed by atoms with van der Waals surface area (Å²) in [5.74, 6) is 1.59. The van der Waals surface area contributed by atoms with Crippen LogP contribution < -0.4 is 9.47 Å². The van der Waals surface area contributed by atoms with Crippen LogP contribution >= 0.6 is 0 Å². The number of hydrogen-bond donors (Lipinski definition) is 0. The van der Waals surface area contributed by atoms with Gasteiger partial charge in [-0.25, -0.2) is 4.98 Å². The number of rotatable bonds is 5. The Bertz CT molecular complexity index is 794. The van der Waals surface area contributed by atoms with Crippen molar-refractivity contribution in [3.63, 3.8) is 0 Å². The van der Waals surface area contributed by atoms with Crippen LogP contribution in [0.2, 0.25) is 0 Å². The first-order valence-corrected chi connectivity index (χ1v) is 9.80. The standard InChI is InChI=1S/C21H29N3O3/c1-4-23-13-17(22-15-23)14-24-8-6-21(7-9-24)18-12-20(26-3)19(25-2)11-16(18)5-10-27-21/h11-13,15H,4-10,14H2,1-3H3. The zero-order valence-electron chi connectivity index (χ0n) is 16.5. The number of likely N-dealkylation sites (tertiary alicyclic amines) is 1. The highest BCUT2D eigenvalue weighted by molar-refractivity contribution is 5.50. The largest absolute Gasteiger partial charge is 0.493 e. The Morgan fingerprint density at radius 1 is 1.15 bits per heavy atom. The number of hydrogen-bond acceptors (Lipinski definition) is 5. The van der Waals surface area contributed by atoms with E-state index in [0.717, 1.165) is 69.2 Å². The monoisotopic (exact) mass is 371 g/mol. The first-order valence-electron chi connectivity index (χ1n) is 9.80. The van der Waals surface area contributed by atoms with Crippen molar-refractivity contribution < 1.29 is 14.2 Å². The smallest absolute Gasteiger partial charge is 0.161 e. The molecule has 0 radical (unpaired) electrons. The second-order valence-corrected chi connectivity index (χ2v) is 7.43. The molecule has 1 aromatic heterocycles. The molecule has 6 heteroatoms. The molecule has 0 bridgehead atoms. The van der Waals surface area contributed by atoms with E-state index in [-0.39, 0.29) is 5.60 Å². The highest BCUT2D eigenvalue weighted by Crippen LogP contribution is 2.45. The van der Waals surface area contributed by atoms with Gasteiger partial charge in [-0.05, 0) is 49.4 Å². The van der Waals surface area contributed by atoms with Crippen molar-refractivity contribution in [3.05, 3.63) is 41.5 Å². The van der Waals surface area contributed by atoms with Gasteiger partial charge in [0.05, 0.1) is 38.4 Å². The fourth-order valence-electron chi connectivity index (χ4n) is 4.36. The molecule has 1 aromatic carbocycles. The van der Waals surface area contributed by atoms with Crippen molar-refractivity contribution in [2.24, 2.45) is 0 Å². The number of aryl methyl sites for hydroxylation is 1. The number of aromatic nitrogens is 2. The van der Waals surface area contributed by atoms with E-state index in [1.165, 1.54) is 11.1 Å². The highest BCUT2D eigenvalue weighted by Gasteiger charge is 2.41. The summed E-state index contributed by atoms with van der Waals surface area (Å²) in [5, 5.41) is 0. The number of benzene rings is 1. The van der Waals surface area contributed by atoms with Gasteiger partial charge in [0.2, 0.25) is 0 Å². The van der Waals surface area contributed by atoms with E-state index in [9.17, 15) is 0 Å². The molecule has 146 valence electrons. The molecule has 1 spiro atoms. The minimum absolute atomic E-state index is 0.202. The maximum Gasteiger partial charge on any atom is 0.161 e. The first kappa shape index (κ1) is 18.3. The minimum atomic E-state index is -0.202. The maximum atomic E-state index is 6.38. The second kappa shape index (κ2) is 7.52. The van der Waals surface area contributed by atoms with E-state index < -0.39 is 0 Å². The highest BCUT2D eigenvalue weighted by atomic mass is 16.5. The summed E-state index contributed by atoms with van der Waals surface area (Å²) >= 11 is 0. The predicted octanol–water partition coefficient (Wildman–Crippen LogP) is 2.98. The van der Waals surface area contributed by atoms with E-state index in [1.807, 2.05) is 6.33 Å². The molecule has 2 aliphatic rings. The third-order valence-electron chi connectivity index (χ3n) is 5.95. The Hall–Kier alpha value is -2.05. The number of methoxy groups -OCH3 is 2. The fourth-order valence-corrected chi connectivity index (χ4v) is 4.36. The molecule has 0 saturated carbocycles. The van der Waals surface area contributed by atoms with Gasteiger partial charge in [-0.2, -0.15) is 0 Å². The Balaban J connectivity index is 1.51. The molecule has 27 heavy (non-hydrogen) atoms. The molecule has 0 unspecified atom stereocenters. The molecule has 2 aliphatic heterocycles. The molecule has 2 aromatic rings. The molecule has 0 N–H and O–H groups in total. The fraction of sp³-hybridized carbons (Fsp3) is 0.571. The lowest BCUT2D eigenvalue weighted by Crippen LogP contribution is -2.46. The summed E-state index contributed by atoms with van der Waals surface area (Å²) in [7, 11) is 3.39. The van der Waals surface area contributed by atoms with Crippen LogP contribution in [0.25, 0.3) is 0 Å². The van der Waals surface area contributed by atoms with Crippen molar-refractivity contribution in [2.75, 3.05) is 33.9 Å². The van der Waals surface area contributed by atoms with Crippen molar-refractivity contribution >= 4 is 0 Å². The van der Waals surface area contributed by atoms with Gasteiger partial charge in [-0.15, -0.1) is 0 Å². The number of imidazole rings is 1. The third-order valence-corrected chi connectivity index (χ3v) is 5.95. The number of piperidine rings is 1. The zero-order valence-corrected chi connectivity index (χ0v) is 16.5. The SMILES string of the molecule is CCn1cnc(CN2CCC3(CC2)OCCc2cc(OC)c(OC)cc23)c1. The lowest BCUT2D eigenvalue weighted by molar-refractivity contribution is -0.0991. The lowest BCUT2D eigenvalue weighted by Gasteiger charge is -2.45. The van der Waals surface area contributed by atoms with E-state index >= 15 is 0 Å². The molecule has 0 aliphatic carbocycles. The Kier molecular flexibility index (Phi) is 5.10. The van der Waals surface area contributed by atoms with Crippen molar-refractivity contribution in [3.8, 4) is 11.5 Å². The summed E-state index contributed by atoms with van der Waals surface area (Å²) in [6.07, 6.45) is 6.97. The average molecular weight is 371 g/mol. The van der Waals surface area contributed by atoms with E-state index in [2.05, 4.69) is 39.7 Å². The van der Waals surface area contributed by atoms with Gasteiger partial charge < -0.3 is 18.8 Å². The van der Waals surface area contributed by atoms with Crippen LogP contribution in [0.15, 0.2) is 24.7 Å². The van der Waals surface area contributed by atoms with Gasteiger partial charge in [-0.3, -0.25) is 4.90 Å². The maximum absolute atomic E-state index is 6.38. The van der Waals surface area contributed by atoms with Gasteiger partial charge in [0.15, 0.2) is 11.5 Å². The van der Waals surface area contributed by atoms with E-state index in [1.54, 1.807) is 14.2 Å². The summed E-state index contributed by atoms with van der Waals surface area (Å²) < 4.78 is 19.5. The molecule has 1 fully saturated rings. The third kappa shape index (κ3) is 3.44. The summed E-state index contributed by atoms with van der Waals surface area (Å²) in [6, 6.07) is 4.26. The molecule has 0 atom stereocenters. The Labute approximate surface area is 161 Å². The summed E-state index contributed by atoms with van der Waals surface area (Å²) in [5.41, 5.74) is 3.55. The molecule has 3 heterocycles. The van der Waals surface area contributed by atoms with E-state index in [0.29, 0.717) is 0 Å². The van der Waals surface area contributed by atoms with Crippen molar-refractivity contribution in [1.29, 1.82) is 0 Å². The lowest BCUT2D eigenvalue weighted by atomic mass is 9.79. The first-order chi connectivity index (χ1) is 13.2. The minimum Gasteiger partial charge on any atom is -0.493 e. The molecular formula is C21H29N3O3. The van der Waals surface area contributed by atoms with Crippen LogP contribution in [0.4, 0.5) is 0 Å². The summed E-state index contributed by atoms with van der Waals surface area (Å²) in [6.45, 7) is 6.79. The van der Waals surface area contributed by atoms with Crippen LogP contribution in [-0.4, -0.2) is 48.4 Å². The second-order valence-electron chi connectivity index (χ2n) is 7.43. The van der Waals surface area contributed by atoms with Crippen molar-refractivity contribution in [2.45, 2.75) is 44.9 Å². The van der Waals surface area contributed by atoms with E-state index in [4.69, 9.17) is 14.2 Å². The number of nitrogens with zero attached hydrogens (tertiary/aromatic N) is 3. The molecule has 4 rings (SSSR count). The van der Waals surface area contributed by atoms with Crippen LogP contribution in [0, 0.1) is 0 Å². The molecule has 6 nitrogen and oxygen atoms in total. The van der Waals surface area contributed by atoms with Crippen LogP contribution in [0.1, 0.15) is 36.6 Å². The van der Waals surface area contributed by atoms with Gasteiger partial charge in [0.1, 0.15) is 0 Å². The zero-order chi connectivity index (χ0) is 18.9. The van der Waals surface area contributed by atoms with Gasteiger partial charge in [0, 0.05) is 32.4 Å². The quantitative estimate of drug-likeness (QED) is 0.809. The Morgan fingerprint density at radius 3 is 2.56 bits per heavy atom. The molecule has 1 saturated heterocycles. The number of ether oxygens (including phenoxy) is 3. The Morgan fingerprint density at radius 2 is 1.89 bits per heavy atom. The summed E-state index contributed by atoms with van der Waals surface area (Å²) in [4.78, 5) is 7.00. The average Bonchev–Trinajstić information content (AvgIpc) is 3.17. The van der Waals surface area contributed by atoms with Gasteiger partial charge in [-0.1, -0.05) is 0 Å². The van der Waals surface area contributed by atoms with Gasteiger partial charge >= 0.3 is 0 Å². The predicted molar refractivity (Wildman–Crippen MR) is 103 cm³/mol. The van der Waals surface area contributed by atoms with Gasteiger partial charge in [0.25, 0.3) is 0 Å².